The lowest BCUT2D eigenvalue weighted by molar-refractivity contribution is 0.0419. The highest BCUT2D eigenvalue weighted by molar-refractivity contribution is 5.84. The predicted molar refractivity (Wildman–Crippen MR) is 85.7 cm³/mol. The van der Waals surface area contributed by atoms with Crippen molar-refractivity contribution in [3.63, 3.8) is 0 Å². The molecule has 0 aliphatic rings. The van der Waals surface area contributed by atoms with Gasteiger partial charge in [-0.1, -0.05) is 55.5 Å². The summed E-state index contributed by atoms with van der Waals surface area (Å²) < 4.78 is 6.09. The Morgan fingerprint density at radius 1 is 1.00 bits per heavy atom. The number of hydrogen-bond acceptors (Lipinski definition) is 2. The van der Waals surface area contributed by atoms with Crippen molar-refractivity contribution in [2.24, 2.45) is 0 Å². The van der Waals surface area contributed by atoms with E-state index in [9.17, 15) is 0 Å². The van der Waals surface area contributed by atoms with Gasteiger partial charge in [-0.05, 0) is 29.0 Å². The average molecular weight is 276 g/mol. The van der Waals surface area contributed by atoms with E-state index in [1.165, 1.54) is 16.5 Å². The van der Waals surface area contributed by atoms with Gasteiger partial charge in [0.05, 0.1) is 12.7 Å². The highest BCUT2D eigenvalue weighted by atomic mass is 16.5. The van der Waals surface area contributed by atoms with Gasteiger partial charge in [-0.3, -0.25) is 4.98 Å². The second-order valence-corrected chi connectivity index (χ2v) is 5.01. The largest absolute Gasteiger partial charge is 0.369 e. The molecule has 1 radical (unpaired) electrons. The van der Waals surface area contributed by atoms with Crippen molar-refractivity contribution in [1.82, 2.24) is 4.98 Å². The summed E-state index contributed by atoms with van der Waals surface area (Å²) in [5.74, 6) is 0. The van der Waals surface area contributed by atoms with Crippen molar-refractivity contribution in [3.05, 3.63) is 85.0 Å². The molecule has 0 aliphatic carbocycles. The Kier molecular flexibility index (Phi) is 4.27. The van der Waals surface area contributed by atoms with Gasteiger partial charge >= 0.3 is 0 Å². The Hall–Kier alpha value is -2.19. The quantitative estimate of drug-likeness (QED) is 0.673. The van der Waals surface area contributed by atoms with Crippen LogP contribution in [0.1, 0.15) is 23.7 Å². The fourth-order valence-electron chi connectivity index (χ4n) is 2.52. The van der Waals surface area contributed by atoms with Crippen molar-refractivity contribution >= 4 is 10.8 Å². The molecule has 2 nitrogen and oxygen atoms in total. The van der Waals surface area contributed by atoms with E-state index >= 15 is 0 Å². The Morgan fingerprint density at radius 3 is 2.67 bits per heavy atom. The molecule has 3 rings (SSSR count). The number of hydrogen-bond donors (Lipinski definition) is 0. The van der Waals surface area contributed by atoms with E-state index < -0.39 is 0 Å². The van der Waals surface area contributed by atoms with Crippen LogP contribution in [0.25, 0.3) is 10.8 Å². The summed E-state index contributed by atoms with van der Waals surface area (Å²) in [6.07, 6.45) is 4.45. The molecule has 105 valence electrons. The number of pyridine rings is 1. The van der Waals surface area contributed by atoms with Gasteiger partial charge in [0.1, 0.15) is 0 Å². The Bertz CT molecular complexity index is 704. The zero-order chi connectivity index (χ0) is 14.5. The van der Waals surface area contributed by atoms with Gasteiger partial charge in [0.15, 0.2) is 0 Å². The molecule has 0 spiro atoms. The summed E-state index contributed by atoms with van der Waals surface area (Å²) in [7, 11) is 0. The average Bonchev–Trinajstić information content (AvgIpc) is 2.56. The van der Waals surface area contributed by atoms with Gasteiger partial charge in [-0.25, -0.2) is 0 Å². The first kappa shape index (κ1) is 13.8. The highest BCUT2D eigenvalue weighted by Crippen LogP contribution is 2.24. The number of benzene rings is 2. The number of rotatable bonds is 5. The minimum atomic E-state index is 0.0308. The molecule has 3 aromatic rings. The first-order chi connectivity index (χ1) is 10.4. The minimum Gasteiger partial charge on any atom is -0.369 e. The molecule has 0 aliphatic heterocycles. The molecule has 0 saturated carbocycles. The van der Waals surface area contributed by atoms with Gasteiger partial charge in [-0.15, -0.1) is 0 Å². The molecule has 21 heavy (non-hydrogen) atoms. The Morgan fingerprint density at radius 2 is 1.86 bits per heavy atom. The van der Waals surface area contributed by atoms with Crippen LogP contribution in [0, 0.1) is 6.92 Å². The monoisotopic (exact) mass is 276 g/mol. The van der Waals surface area contributed by atoms with E-state index in [4.69, 9.17) is 4.74 Å². The third-order valence-corrected chi connectivity index (χ3v) is 3.64. The van der Waals surface area contributed by atoms with Crippen LogP contribution in [-0.4, -0.2) is 4.98 Å². The van der Waals surface area contributed by atoms with Crippen LogP contribution in [0.4, 0.5) is 0 Å². The maximum atomic E-state index is 6.09. The predicted octanol–water partition coefficient (Wildman–Crippen LogP) is 4.72. The molecule has 2 heteroatoms. The third kappa shape index (κ3) is 3.11. The zero-order valence-corrected chi connectivity index (χ0v) is 11.9. The van der Waals surface area contributed by atoms with E-state index in [-0.39, 0.29) is 6.10 Å². The second kappa shape index (κ2) is 6.51. The summed E-state index contributed by atoms with van der Waals surface area (Å²) >= 11 is 0. The van der Waals surface area contributed by atoms with Crippen LogP contribution < -0.4 is 0 Å². The molecular weight excluding hydrogens is 258 g/mol. The number of nitrogens with zero attached hydrogens (tertiary/aromatic N) is 1. The van der Waals surface area contributed by atoms with Crippen LogP contribution in [0.15, 0.2) is 67.0 Å². The summed E-state index contributed by atoms with van der Waals surface area (Å²) in [4.78, 5) is 4.16. The van der Waals surface area contributed by atoms with Gasteiger partial charge in [-0.2, -0.15) is 0 Å². The van der Waals surface area contributed by atoms with Crippen LogP contribution in [0.2, 0.25) is 0 Å². The molecule has 0 bridgehead atoms. The van der Waals surface area contributed by atoms with Crippen LogP contribution in [0.5, 0.6) is 0 Å². The second-order valence-electron chi connectivity index (χ2n) is 5.01. The van der Waals surface area contributed by atoms with E-state index in [0.29, 0.717) is 6.61 Å². The molecule has 1 heterocycles. The van der Waals surface area contributed by atoms with E-state index in [1.54, 1.807) is 0 Å². The fourth-order valence-corrected chi connectivity index (χ4v) is 2.52. The zero-order valence-electron chi connectivity index (χ0n) is 11.9. The van der Waals surface area contributed by atoms with E-state index in [1.807, 2.05) is 42.7 Å². The summed E-state index contributed by atoms with van der Waals surface area (Å²) in [5, 5.41) is 2.34. The molecule has 0 N–H and O–H groups in total. The molecular formula is C19H18NO. The molecule has 1 atom stereocenters. The van der Waals surface area contributed by atoms with Crippen LogP contribution in [-0.2, 0) is 11.3 Å². The Labute approximate surface area is 125 Å². The third-order valence-electron chi connectivity index (χ3n) is 3.64. The lowest BCUT2D eigenvalue weighted by atomic mass is 10.1. The molecule has 1 unspecified atom stereocenters. The summed E-state index contributed by atoms with van der Waals surface area (Å²) in [6, 6.07) is 18.5. The van der Waals surface area contributed by atoms with E-state index in [2.05, 4.69) is 36.2 Å². The van der Waals surface area contributed by atoms with E-state index in [0.717, 1.165) is 11.8 Å². The standard InChI is InChI=1S/C19H18NO/c1-2-19(15-7-4-3-5-8-15)21-14-17-10-6-9-16-13-20-12-11-18(16)17/h3-13,19H,1-2,14H2. The maximum Gasteiger partial charge on any atom is 0.0829 e. The lowest BCUT2D eigenvalue weighted by Crippen LogP contribution is -2.03. The Balaban J connectivity index is 1.79. The maximum absolute atomic E-state index is 6.09. The van der Waals surface area contributed by atoms with Crippen molar-refractivity contribution in [1.29, 1.82) is 0 Å². The molecule has 2 aromatic carbocycles. The first-order valence-corrected chi connectivity index (χ1v) is 7.16. The normalized spacial score (nSPS) is 12.4. The van der Waals surface area contributed by atoms with Crippen molar-refractivity contribution in [2.45, 2.75) is 19.1 Å². The van der Waals surface area contributed by atoms with Crippen molar-refractivity contribution in [3.8, 4) is 0 Å². The smallest absolute Gasteiger partial charge is 0.0829 e. The number of aromatic nitrogens is 1. The molecule has 0 fully saturated rings. The SMILES string of the molecule is [CH2]CC(OCc1cccc2cnccc12)c1ccccc1. The highest BCUT2D eigenvalue weighted by Gasteiger charge is 2.10. The van der Waals surface area contributed by atoms with Crippen LogP contribution in [0.3, 0.4) is 0 Å². The van der Waals surface area contributed by atoms with Gasteiger partial charge < -0.3 is 4.74 Å². The van der Waals surface area contributed by atoms with Crippen molar-refractivity contribution < 1.29 is 4.74 Å². The first-order valence-electron chi connectivity index (χ1n) is 7.16. The van der Waals surface area contributed by atoms with Crippen molar-refractivity contribution in [2.75, 3.05) is 0 Å². The number of ether oxygens (including phenoxy) is 1. The fraction of sp³-hybridized carbons (Fsp3) is 0.158. The van der Waals surface area contributed by atoms with Crippen LogP contribution >= 0.6 is 0 Å². The van der Waals surface area contributed by atoms with Gasteiger partial charge in [0.2, 0.25) is 0 Å². The molecule has 0 saturated heterocycles. The molecule has 1 aromatic heterocycles. The topological polar surface area (TPSA) is 22.1 Å². The summed E-state index contributed by atoms with van der Waals surface area (Å²) in [5.41, 5.74) is 2.36. The summed E-state index contributed by atoms with van der Waals surface area (Å²) in [6.45, 7) is 4.58. The molecule has 0 amide bonds. The number of fused-ring (bicyclic) bond motifs is 1. The van der Waals surface area contributed by atoms with Gasteiger partial charge in [0.25, 0.3) is 0 Å². The minimum absolute atomic E-state index is 0.0308. The lowest BCUT2D eigenvalue weighted by Gasteiger charge is -2.17. The van der Waals surface area contributed by atoms with Gasteiger partial charge in [0, 0.05) is 17.8 Å².